The van der Waals surface area contributed by atoms with Gasteiger partial charge in [0.05, 0.1) is 12.3 Å². The molecule has 1 unspecified atom stereocenters. The smallest absolute Gasteiger partial charge is 0.325 e. The number of halogens is 2. The lowest BCUT2D eigenvalue weighted by atomic mass is 9.91. The lowest BCUT2D eigenvalue weighted by molar-refractivity contribution is -0.134. The minimum absolute atomic E-state index is 0.0168. The highest BCUT2D eigenvalue weighted by molar-refractivity contribution is 14.1. The zero-order valence-corrected chi connectivity index (χ0v) is 22.7. The van der Waals surface area contributed by atoms with Crippen molar-refractivity contribution in [3.05, 3.63) is 93.3 Å². The number of carbonyl (C=O) groups is 3. The molecule has 0 radical (unpaired) electrons. The lowest BCUT2D eigenvalue weighted by Crippen LogP contribution is -2.50. The molecule has 1 saturated heterocycles. The molecule has 1 aliphatic heterocycles. The zero-order chi connectivity index (χ0) is 27.2. The van der Waals surface area contributed by atoms with E-state index in [0.29, 0.717) is 27.9 Å². The van der Waals surface area contributed by atoms with Crippen molar-refractivity contribution in [2.45, 2.75) is 31.3 Å². The molecule has 3 aromatic carbocycles. The van der Waals surface area contributed by atoms with Crippen molar-refractivity contribution in [1.82, 2.24) is 10.2 Å². The van der Waals surface area contributed by atoms with Crippen LogP contribution in [0.4, 0.5) is 14.9 Å². The molecule has 1 fully saturated rings. The molecule has 0 bridgehead atoms. The van der Waals surface area contributed by atoms with Crippen LogP contribution in [0.3, 0.4) is 0 Å². The summed E-state index contributed by atoms with van der Waals surface area (Å²) in [6.07, 6.45) is 0.489. The summed E-state index contributed by atoms with van der Waals surface area (Å²) in [7, 11) is 0. The maximum absolute atomic E-state index is 14.5. The molecule has 10 heteroatoms. The molecule has 38 heavy (non-hydrogen) atoms. The lowest BCUT2D eigenvalue weighted by Gasteiger charge is -2.30. The summed E-state index contributed by atoms with van der Waals surface area (Å²) in [5.74, 6) is -1.91. The molecule has 4 amide bonds. The number of hydrogen-bond donors (Lipinski definition) is 3. The first kappa shape index (κ1) is 27.5. The number of hydrogen-bond acceptors (Lipinski definition) is 5. The van der Waals surface area contributed by atoms with E-state index in [1.807, 2.05) is 40.8 Å². The highest BCUT2D eigenvalue weighted by Crippen LogP contribution is 2.32. The second kappa shape index (κ2) is 12.4. The van der Waals surface area contributed by atoms with Gasteiger partial charge in [0.25, 0.3) is 5.91 Å². The molecule has 8 nitrogen and oxygen atoms in total. The summed E-state index contributed by atoms with van der Waals surface area (Å²) >= 11 is 1.97. The predicted octanol–water partition coefficient (Wildman–Crippen LogP) is 4.60. The summed E-state index contributed by atoms with van der Waals surface area (Å²) in [6.45, 7) is 2.11. The minimum Gasteiger partial charge on any atom is -0.494 e. The molecule has 0 spiro atoms. The van der Waals surface area contributed by atoms with Crippen LogP contribution < -0.4 is 15.4 Å². The summed E-state index contributed by atoms with van der Waals surface area (Å²) in [5, 5.41) is 14.1. The summed E-state index contributed by atoms with van der Waals surface area (Å²) in [4.78, 5) is 41.2. The van der Waals surface area contributed by atoms with E-state index >= 15 is 0 Å². The summed E-state index contributed by atoms with van der Waals surface area (Å²) < 4.78 is 20.7. The van der Waals surface area contributed by atoms with E-state index in [9.17, 15) is 18.8 Å². The third kappa shape index (κ3) is 6.13. The van der Waals surface area contributed by atoms with Crippen LogP contribution in [0.25, 0.3) is 0 Å². The van der Waals surface area contributed by atoms with Gasteiger partial charge in [0.15, 0.2) is 0 Å². The van der Waals surface area contributed by atoms with Crippen LogP contribution >= 0.6 is 22.6 Å². The van der Waals surface area contributed by atoms with E-state index in [1.54, 1.807) is 49.4 Å². The Morgan fingerprint density at radius 2 is 1.84 bits per heavy atom. The highest BCUT2D eigenvalue weighted by atomic mass is 127. The number of imide groups is 1. The number of urea groups is 1. The number of amides is 4. The maximum atomic E-state index is 14.5. The summed E-state index contributed by atoms with van der Waals surface area (Å²) in [6, 6.07) is 17.1. The van der Waals surface area contributed by atoms with Crippen LogP contribution in [0, 0.1) is 9.39 Å². The van der Waals surface area contributed by atoms with Crippen molar-refractivity contribution >= 4 is 46.1 Å². The van der Waals surface area contributed by atoms with Gasteiger partial charge in [-0.1, -0.05) is 49.4 Å². The van der Waals surface area contributed by atoms with Crippen molar-refractivity contribution in [3.8, 4) is 5.75 Å². The van der Waals surface area contributed by atoms with Crippen molar-refractivity contribution in [3.63, 3.8) is 0 Å². The molecular formula is C28H27FIN3O5. The van der Waals surface area contributed by atoms with E-state index in [0.717, 1.165) is 10.5 Å². The fourth-order valence-electron chi connectivity index (χ4n) is 4.30. The Morgan fingerprint density at radius 1 is 1.13 bits per heavy atom. The quantitative estimate of drug-likeness (QED) is 0.172. The van der Waals surface area contributed by atoms with Crippen molar-refractivity contribution in [1.29, 1.82) is 0 Å². The van der Waals surface area contributed by atoms with E-state index < -0.39 is 41.7 Å². The molecule has 3 N–H and O–H groups in total. The second-order valence-corrected chi connectivity index (χ2v) is 10.1. The predicted molar refractivity (Wildman–Crippen MR) is 148 cm³/mol. The topological polar surface area (TPSA) is 108 Å². The Morgan fingerprint density at radius 3 is 2.50 bits per heavy atom. The first-order valence-corrected chi connectivity index (χ1v) is 13.2. The Kier molecular flexibility index (Phi) is 8.95. The Hall–Kier alpha value is -3.51. The van der Waals surface area contributed by atoms with Gasteiger partial charge in [-0.3, -0.25) is 9.59 Å². The van der Waals surface area contributed by atoms with Gasteiger partial charge in [0.2, 0.25) is 5.91 Å². The molecule has 4 rings (SSSR count). The maximum Gasteiger partial charge on any atom is 0.325 e. The van der Waals surface area contributed by atoms with Crippen molar-refractivity contribution < 1.29 is 28.6 Å². The first-order chi connectivity index (χ1) is 18.3. The van der Waals surface area contributed by atoms with Crippen LogP contribution in [0.1, 0.15) is 36.4 Å². The number of nitrogens with zero attached hydrogens (tertiary/aromatic N) is 1. The molecule has 3 aromatic rings. The van der Waals surface area contributed by atoms with E-state index in [1.165, 1.54) is 12.1 Å². The van der Waals surface area contributed by atoms with Gasteiger partial charge in [-0.25, -0.2) is 14.1 Å². The number of rotatable bonds is 10. The van der Waals surface area contributed by atoms with Gasteiger partial charge in [-0.2, -0.15) is 0 Å². The van der Waals surface area contributed by atoms with Gasteiger partial charge < -0.3 is 20.5 Å². The monoisotopic (exact) mass is 631 g/mol. The summed E-state index contributed by atoms with van der Waals surface area (Å²) in [5.41, 5.74) is 1.22. The van der Waals surface area contributed by atoms with Gasteiger partial charge in [0.1, 0.15) is 23.7 Å². The van der Waals surface area contributed by atoms with E-state index in [-0.39, 0.29) is 12.3 Å². The van der Waals surface area contributed by atoms with Gasteiger partial charge >= 0.3 is 6.03 Å². The third-order valence-corrected chi connectivity index (χ3v) is 6.96. The number of aliphatic hydroxyl groups excluding tert-OH is 1. The Labute approximate surface area is 233 Å². The number of anilines is 1. The average molecular weight is 631 g/mol. The first-order valence-electron chi connectivity index (χ1n) is 12.1. The van der Waals surface area contributed by atoms with Crippen LogP contribution in [0.5, 0.6) is 5.75 Å². The fraction of sp³-hybridized carbons (Fsp3) is 0.250. The average Bonchev–Trinajstić information content (AvgIpc) is 3.20. The molecule has 0 aromatic heterocycles. The van der Waals surface area contributed by atoms with Gasteiger partial charge in [-0.05, 0) is 64.0 Å². The number of ether oxygens (including phenoxy) is 1. The third-order valence-electron chi connectivity index (χ3n) is 6.29. The highest BCUT2D eigenvalue weighted by Gasteiger charge is 2.47. The van der Waals surface area contributed by atoms with Crippen molar-refractivity contribution in [2.24, 2.45) is 0 Å². The fourth-order valence-corrected chi connectivity index (χ4v) is 4.75. The molecule has 3 atom stereocenters. The molecule has 0 saturated carbocycles. The number of aliphatic hydroxyl groups is 1. The largest absolute Gasteiger partial charge is 0.494 e. The molecule has 198 valence electrons. The Bertz CT molecular complexity index is 1310. The van der Waals surface area contributed by atoms with Crippen LogP contribution in [-0.2, 0) is 9.59 Å². The van der Waals surface area contributed by atoms with Gasteiger partial charge in [0, 0.05) is 22.5 Å². The number of benzene rings is 3. The number of nitrogens with one attached hydrogen (secondary N) is 2. The van der Waals surface area contributed by atoms with E-state index in [4.69, 9.17) is 9.84 Å². The van der Waals surface area contributed by atoms with Crippen LogP contribution in [0.2, 0.25) is 0 Å². The SMILES string of the molecule is C[C@@H](c1ccccc1)[C@@H](C(=O)Nc1ccc(I)cc1F)N1C(=O)NC(c2ccc(OCCCO)cc2)C1=O. The second-order valence-electron chi connectivity index (χ2n) is 8.84. The molecule has 1 heterocycles. The molecule has 0 aliphatic carbocycles. The van der Waals surface area contributed by atoms with Gasteiger partial charge in [-0.15, -0.1) is 0 Å². The molecule has 1 aliphatic rings. The normalized spacial score (nSPS) is 16.6. The standard InChI is InChI=1S/C28H27FIN3O5/c1-17(18-6-3-2-4-7-18)25(26(35)31-23-13-10-20(30)16-22(23)29)33-27(36)24(32-28(33)37)19-8-11-21(12-9-19)38-15-5-14-34/h2-4,6-13,16-17,24-25,34H,5,14-15H2,1H3,(H,31,35)(H,32,37)/t17-,24?,25-/m0/s1. The molecular weight excluding hydrogens is 604 g/mol. The van der Waals surface area contributed by atoms with Crippen LogP contribution in [0.15, 0.2) is 72.8 Å². The van der Waals surface area contributed by atoms with Crippen molar-refractivity contribution in [2.75, 3.05) is 18.5 Å². The minimum atomic E-state index is -1.24. The van der Waals surface area contributed by atoms with E-state index in [2.05, 4.69) is 10.6 Å². The van der Waals surface area contributed by atoms with Crippen LogP contribution in [-0.4, -0.2) is 47.1 Å². The Balaban J connectivity index is 1.62. The number of carbonyl (C=O) groups excluding carboxylic acids is 3. The zero-order valence-electron chi connectivity index (χ0n) is 20.6.